The maximum atomic E-state index is 13.8. The lowest BCUT2D eigenvalue weighted by Crippen LogP contribution is -2.36. The number of benzene rings is 3. The maximum Gasteiger partial charge on any atom is 0.416 e. The average Bonchev–Trinajstić information content (AvgIpc) is 3.90. The lowest BCUT2D eigenvalue weighted by Gasteiger charge is -2.14. The number of alkyl halides is 3. The topological polar surface area (TPSA) is 132 Å². The average molecular weight is 843 g/mol. The summed E-state index contributed by atoms with van der Waals surface area (Å²) >= 11 is 13.9. The van der Waals surface area contributed by atoms with E-state index in [1.165, 1.54) is 43.1 Å². The first-order valence-corrected chi connectivity index (χ1v) is 19.2. The number of halogens is 5. The van der Waals surface area contributed by atoms with Crippen molar-refractivity contribution in [3.8, 4) is 39.6 Å². The van der Waals surface area contributed by atoms with Crippen LogP contribution < -0.4 is 19.5 Å². The predicted octanol–water partition coefficient (Wildman–Crippen LogP) is 7.48. The number of carbonyl (C=O) groups is 2. The zero-order chi connectivity index (χ0) is 40.2. The lowest BCUT2D eigenvalue weighted by molar-refractivity contribution is -0.137. The quantitative estimate of drug-likeness (QED) is 0.0848. The van der Waals surface area contributed by atoms with E-state index in [-0.39, 0.29) is 34.5 Å². The third kappa shape index (κ3) is 9.51. The van der Waals surface area contributed by atoms with E-state index in [0.717, 1.165) is 39.4 Å². The SMILES string of the molecule is CN(C)S(=O)(=O)NCc1c(C(=O)NC(=O)C=CC=Cc2ccc3c(c2)OCO3)nn(-c2ccc(Cl)cc2Cl)c1-c1ccc(C#Cc2ccc(C(F)(F)F)cc2)s1. The Labute approximate surface area is 333 Å². The number of hydrogen-bond donors (Lipinski definition) is 2. The largest absolute Gasteiger partial charge is 0.454 e. The Hall–Kier alpha value is -5.41. The first kappa shape index (κ1) is 40.3. The molecule has 0 fully saturated rings. The summed E-state index contributed by atoms with van der Waals surface area (Å²) in [5, 5.41) is 7.26. The number of nitrogens with one attached hydrogen (secondary N) is 2. The minimum Gasteiger partial charge on any atom is -0.454 e. The van der Waals surface area contributed by atoms with Crippen LogP contribution in [0.15, 0.2) is 91.0 Å². The summed E-state index contributed by atoms with van der Waals surface area (Å²) in [4.78, 5) is 27.7. The minimum absolute atomic E-state index is 0.0857. The van der Waals surface area contributed by atoms with Gasteiger partial charge in [0, 0.05) is 42.9 Å². The van der Waals surface area contributed by atoms with E-state index >= 15 is 0 Å². The number of imide groups is 1. The van der Waals surface area contributed by atoms with Crippen molar-refractivity contribution >= 4 is 62.6 Å². The Bertz CT molecular complexity index is 2560. The summed E-state index contributed by atoms with van der Waals surface area (Å²) in [5.41, 5.74) is 0.612. The fourth-order valence-electron chi connectivity index (χ4n) is 5.12. The second-order valence-corrected chi connectivity index (χ2v) is 15.8. The van der Waals surface area contributed by atoms with Gasteiger partial charge in [-0.3, -0.25) is 14.9 Å². The number of nitrogens with zero attached hydrogens (tertiary/aromatic N) is 3. The molecule has 0 saturated heterocycles. The van der Waals surface area contributed by atoms with Gasteiger partial charge in [0.25, 0.3) is 22.0 Å². The van der Waals surface area contributed by atoms with E-state index in [9.17, 15) is 31.2 Å². The minimum atomic E-state index is -4.49. The Morgan fingerprint density at radius 1 is 0.982 bits per heavy atom. The van der Waals surface area contributed by atoms with Crippen LogP contribution in [0.1, 0.15) is 37.6 Å². The summed E-state index contributed by atoms with van der Waals surface area (Å²) in [6.45, 7) is -0.319. The Morgan fingerprint density at radius 3 is 2.45 bits per heavy atom. The van der Waals surface area contributed by atoms with Gasteiger partial charge in [-0.05, 0) is 72.3 Å². The third-order valence-electron chi connectivity index (χ3n) is 7.91. The normalized spacial score (nSPS) is 12.7. The van der Waals surface area contributed by atoms with Gasteiger partial charge in [0.1, 0.15) is 0 Å². The molecule has 3 aromatic carbocycles. The summed E-state index contributed by atoms with van der Waals surface area (Å²) in [6, 6.07) is 17.6. The first-order valence-electron chi connectivity index (χ1n) is 16.2. The van der Waals surface area contributed by atoms with Crippen molar-refractivity contribution in [1.29, 1.82) is 0 Å². The van der Waals surface area contributed by atoms with Gasteiger partial charge in [-0.15, -0.1) is 11.3 Å². The number of rotatable bonds is 10. The van der Waals surface area contributed by atoms with Crippen LogP contribution in [0.3, 0.4) is 0 Å². The van der Waals surface area contributed by atoms with E-state index in [1.807, 2.05) is 0 Å². The van der Waals surface area contributed by atoms with Crippen LogP contribution >= 0.6 is 34.5 Å². The highest BCUT2D eigenvalue weighted by Crippen LogP contribution is 2.37. The number of fused-ring (bicyclic) bond motifs is 1. The van der Waals surface area contributed by atoms with Crippen LogP contribution in [-0.2, 0) is 27.7 Å². The molecule has 0 spiro atoms. The molecule has 5 aromatic rings. The molecule has 0 saturated carbocycles. The van der Waals surface area contributed by atoms with Gasteiger partial charge in [-0.1, -0.05) is 59.3 Å². The van der Waals surface area contributed by atoms with Gasteiger partial charge in [0.05, 0.1) is 31.7 Å². The van der Waals surface area contributed by atoms with Crippen LogP contribution in [0.25, 0.3) is 22.3 Å². The molecular weight excluding hydrogens is 814 g/mol. The molecule has 1 aliphatic rings. The molecule has 11 nitrogen and oxygen atoms in total. The fraction of sp³-hybridized carbons (Fsp3) is 0.132. The highest BCUT2D eigenvalue weighted by molar-refractivity contribution is 7.87. The Kier molecular flexibility index (Phi) is 12.0. The van der Waals surface area contributed by atoms with E-state index in [0.29, 0.717) is 31.8 Å². The molecule has 288 valence electrons. The number of ether oxygens (including phenoxy) is 2. The van der Waals surface area contributed by atoms with Crippen molar-refractivity contribution in [3.05, 3.63) is 134 Å². The van der Waals surface area contributed by atoms with Crippen molar-refractivity contribution in [2.75, 3.05) is 20.9 Å². The molecule has 3 heterocycles. The molecule has 2 aromatic heterocycles. The Morgan fingerprint density at radius 2 is 1.73 bits per heavy atom. The molecule has 6 rings (SSSR count). The molecule has 0 atom stereocenters. The standard InChI is InChI=1S/C38H28Cl2F3N5O6S2/c1-47(2)56(51,52)44-21-28-35(37(50)45-34(49)6-4-3-5-24-10-17-31-32(19-24)54-22-53-31)46-48(30-16-13-26(39)20-29(30)40)36(28)33-18-15-27(55-33)14-9-23-7-11-25(12-8-23)38(41,42)43/h3-8,10-13,15-20,44H,21-22H2,1-2H3,(H,45,49,50). The molecule has 0 aliphatic carbocycles. The van der Waals surface area contributed by atoms with E-state index in [4.69, 9.17) is 32.7 Å². The summed E-state index contributed by atoms with van der Waals surface area (Å²) < 4.78 is 80.3. The summed E-state index contributed by atoms with van der Waals surface area (Å²) in [5.74, 6) is 5.25. The molecule has 56 heavy (non-hydrogen) atoms. The Balaban J connectivity index is 1.35. The van der Waals surface area contributed by atoms with Gasteiger partial charge in [-0.25, -0.2) is 4.68 Å². The van der Waals surface area contributed by atoms with Crippen molar-refractivity contribution in [1.82, 2.24) is 24.1 Å². The van der Waals surface area contributed by atoms with Crippen molar-refractivity contribution in [2.24, 2.45) is 0 Å². The zero-order valence-corrected chi connectivity index (χ0v) is 32.3. The first-order chi connectivity index (χ1) is 26.6. The monoisotopic (exact) mass is 841 g/mol. The second-order valence-electron chi connectivity index (χ2n) is 11.9. The van der Waals surface area contributed by atoms with Crippen molar-refractivity contribution in [3.63, 3.8) is 0 Å². The molecule has 0 radical (unpaired) electrons. The number of aromatic nitrogens is 2. The van der Waals surface area contributed by atoms with Crippen LogP contribution in [0.2, 0.25) is 10.0 Å². The molecule has 2 N–H and O–H groups in total. The van der Waals surface area contributed by atoms with Crippen molar-refractivity contribution < 1.29 is 40.7 Å². The lowest BCUT2D eigenvalue weighted by atomic mass is 10.1. The van der Waals surface area contributed by atoms with Gasteiger partial charge >= 0.3 is 6.18 Å². The van der Waals surface area contributed by atoms with Gasteiger partial charge < -0.3 is 9.47 Å². The molecule has 18 heteroatoms. The second kappa shape index (κ2) is 16.8. The molecule has 0 bridgehead atoms. The maximum absolute atomic E-state index is 13.8. The number of allylic oxidation sites excluding steroid dienone is 2. The van der Waals surface area contributed by atoms with Crippen LogP contribution in [-0.4, -0.2) is 55.2 Å². The predicted molar refractivity (Wildman–Crippen MR) is 207 cm³/mol. The highest BCUT2D eigenvalue weighted by Gasteiger charge is 2.30. The van der Waals surface area contributed by atoms with E-state index < -0.39 is 40.3 Å². The van der Waals surface area contributed by atoms with Crippen LogP contribution in [0, 0.1) is 11.8 Å². The van der Waals surface area contributed by atoms with E-state index in [2.05, 4.69) is 27.0 Å². The van der Waals surface area contributed by atoms with Crippen LogP contribution in [0.5, 0.6) is 11.5 Å². The molecular formula is C38H28Cl2F3N5O6S2. The van der Waals surface area contributed by atoms with Gasteiger partial charge in [-0.2, -0.15) is 35.7 Å². The van der Waals surface area contributed by atoms with E-state index in [1.54, 1.807) is 54.6 Å². The number of amides is 2. The molecule has 1 aliphatic heterocycles. The number of hydrogen-bond acceptors (Lipinski definition) is 8. The van der Waals surface area contributed by atoms with Crippen molar-refractivity contribution in [2.45, 2.75) is 12.7 Å². The fourth-order valence-corrected chi connectivity index (χ4v) is 7.11. The molecule has 2 amide bonds. The highest BCUT2D eigenvalue weighted by atomic mass is 35.5. The summed E-state index contributed by atoms with van der Waals surface area (Å²) in [6.07, 6.45) is 1.37. The third-order valence-corrected chi connectivity index (χ3v) is 10.9. The zero-order valence-electron chi connectivity index (χ0n) is 29.1. The van der Waals surface area contributed by atoms with Crippen LogP contribution in [0.4, 0.5) is 13.2 Å². The number of thiophene rings is 1. The van der Waals surface area contributed by atoms with Gasteiger partial charge in [0.2, 0.25) is 6.79 Å². The molecule has 0 unspecified atom stereocenters. The smallest absolute Gasteiger partial charge is 0.416 e. The van der Waals surface area contributed by atoms with Gasteiger partial charge in [0.15, 0.2) is 17.2 Å². The summed E-state index contributed by atoms with van der Waals surface area (Å²) in [7, 11) is -1.40. The number of carbonyl (C=O) groups excluding carboxylic acids is 2.